The molecule has 3 N–H and O–H groups in total. The van der Waals surface area contributed by atoms with Crippen molar-refractivity contribution in [3.8, 4) is 5.75 Å². The van der Waals surface area contributed by atoms with Crippen molar-refractivity contribution in [2.75, 3.05) is 19.6 Å². The summed E-state index contributed by atoms with van der Waals surface area (Å²) in [6.07, 6.45) is 3.98. The molecule has 3 heterocycles. The van der Waals surface area contributed by atoms with E-state index >= 15 is 0 Å². The summed E-state index contributed by atoms with van der Waals surface area (Å²) in [6, 6.07) is 5.21. The molecule has 0 saturated carbocycles. The number of thiocarbonyl (C=S) groups is 1. The SMILES string of the molecule is Oc1ccc(Cl)cc1/C=N/NC(=S)NC1CN2CCC1CC2. The standard InChI is InChI=1S/C15H19ClN4OS/c16-12-1-2-14(21)11(7-12)8-17-19-15(22)18-13-9-20-5-3-10(13)4-6-20/h1-2,7-8,10,13,21H,3-6,9H2,(H2,18,19,22)/b17-8+. The number of fused-ring (bicyclic) bond motifs is 3. The molecule has 0 amide bonds. The molecule has 1 aromatic carbocycles. The lowest BCUT2D eigenvalue weighted by Crippen LogP contribution is -2.58. The number of nitrogens with one attached hydrogen (secondary N) is 2. The zero-order chi connectivity index (χ0) is 15.5. The highest BCUT2D eigenvalue weighted by Gasteiger charge is 2.34. The first-order chi connectivity index (χ1) is 10.6. The second kappa shape index (κ2) is 6.81. The predicted octanol–water partition coefficient (Wildman–Crippen LogP) is 1.94. The molecular formula is C15H19ClN4OS. The fraction of sp³-hybridized carbons (Fsp3) is 0.467. The Labute approximate surface area is 140 Å². The molecule has 1 aromatic rings. The number of nitrogens with zero attached hydrogens (tertiary/aromatic N) is 2. The fourth-order valence-corrected chi connectivity index (χ4v) is 3.50. The van der Waals surface area contributed by atoms with E-state index in [1.165, 1.54) is 38.2 Å². The molecule has 22 heavy (non-hydrogen) atoms. The van der Waals surface area contributed by atoms with Gasteiger partial charge in [-0.2, -0.15) is 5.10 Å². The molecule has 3 aliphatic rings. The Morgan fingerprint density at radius 3 is 2.86 bits per heavy atom. The smallest absolute Gasteiger partial charge is 0.187 e. The van der Waals surface area contributed by atoms with E-state index in [4.69, 9.17) is 23.8 Å². The minimum absolute atomic E-state index is 0.131. The molecule has 7 heteroatoms. The number of halogens is 1. The average Bonchev–Trinajstić information content (AvgIpc) is 2.52. The van der Waals surface area contributed by atoms with Crippen molar-refractivity contribution < 1.29 is 5.11 Å². The van der Waals surface area contributed by atoms with Crippen LogP contribution in [0.1, 0.15) is 18.4 Å². The van der Waals surface area contributed by atoms with Gasteiger partial charge in [0.2, 0.25) is 0 Å². The monoisotopic (exact) mass is 338 g/mol. The molecule has 0 aliphatic carbocycles. The maximum absolute atomic E-state index is 9.70. The first-order valence-corrected chi connectivity index (χ1v) is 8.21. The molecule has 1 unspecified atom stereocenters. The van der Waals surface area contributed by atoms with E-state index in [0.29, 0.717) is 27.7 Å². The van der Waals surface area contributed by atoms with Crippen LogP contribution < -0.4 is 10.7 Å². The Balaban J connectivity index is 1.52. The highest BCUT2D eigenvalue weighted by molar-refractivity contribution is 7.80. The lowest BCUT2D eigenvalue weighted by Gasteiger charge is -2.45. The third kappa shape index (κ3) is 3.69. The number of phenolic OH excluding ortho intramolecular Hbond substituents is 1. The highest BCUT2D eigenvalue weighted by Crippen LogP contribution is 2.27. The van der Waals surface area contributed by atoms with Gasteiger partial charge in [0, 0.05) is 23.2 Å². The molecule has 118 valence electrons. The summed E-state index contributed by atoms with van der Waals surface area (Å²) >= 11 is 11.2. The van der Waals surface area contributed by atoms with Gasteiger partial charge in [-0.15, -0.1) is 0 Å². The number of piperidine rings is 3. The average molecular weight is 339 g/mol. The van der Waals surface area contributed by atoms with Gasteiger partial charge in [-0.3, -0.25) is 5.43 Å². The summed E-state index contributed by atoms with van der Waals surface area (Å²) in [6.45, 7) is 3.45. The third-order valence-electron chi connectivity index (χ3n) is 4.33. The van der Waals surface area contributed by atoms with Crippen molar-refractivity contribution >= 4 is 35.1 Å². The van der Waals surface area contributed by atoms with Gasteiger partial charge in [-0.05, 0) is 62.3 Å². The predicted molar refractivity (Wildman–Crippen MR) is 92.5 cm³/mol. The summed E-state index contributed by atoms with van der Waals surface area (Å²) in [5.41, 5.74) is 3.35. The van der Waals surface area contributed by atoms with Gasteiger partial charge < -0.3 is 15.3 Å². The molecule has 1 atom stereocenters. The molecule has 3 fully saturated rings. The van der Waals surface area contributed by atoms with Gasteiger partial charge >= 0.3 is 0 Å². The lowest BCUT2D eigenvalue weighted by atomic mass is 9.84. The fourth-order valence-electron chi connectivity index (χ4n) is 3.12. The third-order valence-corrected chi connectivity index (χ3v) is 4.78. The van der Waals surface area contributed by atoms with Crippen LogP contribution in [-0.2, 0) is 0 Å². The summed E-state index contributed by atoms with van der Waals surface area (Å²) < 4.78 is 0. The van der Waals surface area contributed by atoms with Gasteiger partial charge in [-0.1, -0.05) is 11.6 Å². The first kappa shape index (κ1) is 15.5. The molecule has 5 nitrogen and oxygen atoms in total. The summed E-state index contributed by atoms with van der Waals surface area (Å²) in [5, 5.41) is 18.2. The minimum atomic E-state index is 0.131. The van der Waals surface area contributed by atoms with Crippen molar-refractivity contribution in [3.05, 3.63) is 28.8 Å². The van der Waals surface area contributed by atoms with Crippen molar-refractivity contribution in [3.63, 3.8) is 0 Å². The van der Waals surface area contributed by atoms with Gasteiger partial charge in [0.15, 0.2) is 5.11 Å². The molecule has 3 saturated heterocycles. The van der Waals surface area contributed by atoms with Crippen LogP contribution in [0.15, 0.2) is 23.3 Å². The van der Waals surface area contributed by atoms with Crippen LogP contribution in [0.4, 0.5) is 0 Å². The van der Waals surface area contributed by atoms with E-state index in [9.17, 15) is 5.11 Å². The Morgan fingerprint density at radius 2 is 2.18 bits per heavy atom. The summed E-state index contributed by atoms with van der Waals surface area (Å²) in [7, 11) is 0. The van der Waals surface area contributed by atoms with Crippen molar-refractivity contribution in [2.45, 2.75) is 18.9 Å². The highest BCUT2D eigenvalue weighted by atomic mass is 35.5. The minimum Gasteiger partial charge on any atom is -0.507 e. The van der Waals surface area contributed by atoms with Crippen molar-refractivity contribution in [1.29, 1.82) is 0 Å². The molecule has 0 spiro atoms. The van der Waals surface area contributed by atoms with Crippen LogP contribution in [0.2, 0.25) is 5.02 Å². The lowest BCUT2D eigenvalue weighted by molar-refractivity contribution is 0.0812. The molecule has 0 radical (unpaired) electrons. The Hall–Kier alpha value is -1.37. The van der Waals surface area contributed by atoms with E-state index in [1.54, 1.807) is 12.1 Å². The number of hydrazone groups is 1. The zero-order valence-corrected chi connectivity index (χ0v) is 13.7. The van der Waals surface area contributed by atoms with Gasteiger partial charge in [0.25, 0.3) is 0 Å². The Morgan fingerprint density at radius 1 is 1.41 bits per heavy atom. The van der Waals surface area contributed by atoms with Crippen molar-refractivity contribution in [2.24, 2.45) is 11.0 Å². The second-order valence-electron chi connectivity index (χ2n) is 5.79. The maximum Gasteiger partial charge on any atom is 0.187 e. The number of aromatic hydroxyl groups is 1. The molecule has 3 aliphatic heterocycles. The second-order valence-corrected chi connectivity index (χ2v) is 6.64. The van der Waals surface area contributed by atoms with Crippen molar-refractivity contribution in [1.82, 2.24) is 15.6 Å². The van der Waals surface area contributed by atoms with Gasteiger partial charge in [0.05, 0.1) is 6.21 Å². The molecule has 0 aromatic heterocycles. The van der Waals surface area contributed by atoms with Crippen LogP contribution in [-0.4, -0.2) is 47.0 Å². The van der Waals surface area contributed by atoms with E-state index < -0.39 is 0 Å². The normalized spacial score (nSPS) is 27.0. The van der Waals surface area contributed by atoms with E-state index in [0.717, 1.165) is 6.54 Å². The molecule has 2 bridgehead atoms. The van der Waals surface area contributed by atoms with Crippen LogP contribution in [0, 0.1) is 5.92 Å². The number of phenols is 1. The maximum atomic E-state index is 9.70. The van der Waals surface area contributed by atoms with Crippen LogP contribution in [0.5, 0.6) is 5.75 Å². The van der Waals surface area contributed by atoms with E-state index in [-0.39, 0.29) is 5.75 Å². The number of benzene rings is 1. The first-order valence-electron chi connectivity index (χ1n) is 7.42. The molecule has 4 rings (SSSR count). The quantitative estimate of drug-likeness (QED) is 0.447. The van der Waals surface area contributed by atoms with E-state index in [1.807, 2.05) is 0 Å². The van der Waals surface area contributed by atoms with E-state index in [2.05, 4.69) is 20.7 Å². The largest absolute Gasteiger partial charge is 0.507 e. The Kier molecular flexibility index (Phi) is 4.81. The van der Waals surface area contributed by atoms with Gasteiger partial charge in [-0.25, -0.2) is 0 Å². The van der Waals surface area contributed by atoms with Crippen LogP contribution >= 0.6 is 23.8 Å². The topological polar surface area (TPSA) is 59.9 Å². The Bertz CT molecular complexity index is 587. The summed E-state index contributed by atoms with van der Waals surface area (Å²) in [4.78, 5) is 2.47. The number of hydrogen-bond acceptors (Lipinski definition) is 4. The van der Waals surface area contributed by atoms with Gasteiger partial charge in [0.1, 0.15) is 5.75 Å². The van der Waals surface area contributed by atoms with Crippen LogP contribution in [0.25, 0.3) is 0 Å². The van der Waals surface area contributed by atoms with Crippen LogP contribution in [0.3, 0.4) is 0 Å². The number of hydrogen-bond donors (Lipinski definition) is 3. The zero-order valence-electron chi connectivity index (χ0n) is 12.1. The summed E-state index contributed by atoms with van der Waals surface area (Å²) in [5.74, 6) is 0.830. The molecular weight excluding hydrogens is 320 g/mol. The number of rotatable bonds is 3.